The van der Waals surface area contributed by atoms with E-state index < -0.39 is 17.5 Å². The Bertz CT molecular complexity index is 721. The fraction of sp³-hybridized carbons (Fsp3) is 0.526. The summed E-state index contributed by atoms with van der Waals surface area (Å²) >= 11 is 0. The summed E-state index contributed by atoms with van der Waals surface area (Å²) in [6, 6.07) is 1.72. The minimum Gasteiger partial charge on any atom is -0.459 e. The molecule has 2 rings (SSSR count). The lowest BCUT2D eigenvalue weighted by atomic mass is 9.92. The highest BCUT2D eigenvalue weighted by atomic mass is 16.6. The van der Waals surface area contributed by atoms with Gasteiger partial charge >= 0.3 is 17.9 Å². The van der Waals surface area contributed by atoms with Crippen molar-refractivity contribution in [1.82, 2.24) is 0 Å². The van der Waals surface area contributed by atoms with Gasteiger partial charge in [-0.1, -0.05) is 0 Å². The van der Waals surface area contributed by atoms with Gasteiger partial charge in [-0.3, -0.25) is 14.4 Å². The van der Waals surface area contributed by atoms with Crippen LogP contribution in [0.15, 0.2) is 6.07 Å². The molecule has 0 spiro atoms. The predicted molar refractivity (Wildman–Crippen MR) is 90.6 cm³/mol. The molecule has 0 amide bonds. The van der Waals surface area contributed by atoms with Gasteiger partial charge in [0.15, 0.2) is 0 Å². The van der Waals surface area contributed by atoms with Crippen LogP contribution in [0, 0.1) is 13.8 Å². The molecule has 1 unspecified atom stereocenters. The largest absolute Gasteiger partial charge is 0.459 e. The van der Waals surface area contributed by atoms with Gasteiger partial charge in [0.25, 0.3) is 0 Å². The lowest BCUT2D eigenvalue weighted by Crippen LogP contribution is -2.24. The average molecular weight is 348 g/mol. The fourth-order valence-corrected chi connectivity index (χ4v) is 2.98. The zero-order valence-electron chi connectivity index (χ0n) is 15.4. The normalized spacial score (nSPS) is 19.5. The number of hydrogen-bond donors (Lipinski definition) is 0. The number of ether oxygens (including phenoxy) is 3. The fourth-order valence-electron chi connectivity index (χ4n) is 2.98. The van der Waals surface area contributed by atoms with Crippen molar-refractivity contribution in [1.29, 1.82) is 0 Å². The van der Waals surface area contributed by atoms with Crippen molar-refractivity contribution in [3.8, 4) is 11.5 Å². The molecule has 1 aliphatic heterocycles. The lowest BCUT2D eigenvalue weighted by Gasteiger charge is -2.24. The van der Waals surface area contributed by atoms with E-state index in [1.807, 2.05) is 20.8 Å². The summed E-state index contributed by atoms with van der Waals surface area (Å²) in [6.45, 7) is 8.22. The summed E-state index contributed by atoms with van der Waals surface area (Å²) in [5.74, 6) is -0.0884. The van der Waals surface area contributed by atoms with Crippen LogP contribution in [0.1, 0.15) is 56.7 Å². The Balaban J connectivity index is 2.35. The van der Waals surface area contributed by atoms with Crippen molar-refractivity contribution in [3.63, 3.8) is 0 Å². The van der Waals surface area contributed by atoms with Crippen LogP contribution >= 0.6 is 0 Å². The second-order valence-electron chi connectivity index (χ2n) is 6.72. The Labute approximate surface area is 147 Å². The van der Waals surface area contributed by atoms with Gasteiger partial charge < -0.3 is 14.2 Å². The van der Waals surface area contributed by atoms with Gasteiger partial charge in [-0.25, -0.2) is 0 Å². The number of rotatable bonds is 5. The molecule has 1 aromatic carbocycles. The first-order valence-corrected chi connectivity index (χ1v) is 8.33. The molecule has 6 nitrogen and oxygen atoms in total. The highest BCUT2D eigenvalue weighted by Gasteiger charge is 2.35. The molecule has 1 heterocycles. The smallest absolute Gasteiger partial charge is 0.308 e. The number of aryl methyl sites for hydroxylation is 1. The molecule has 0 aromatic heterocycles. The van der Waals surface area contributed by atoms with Crippen molar-refractivity contribution in [2.75, 3.05) is 0 Å². The van der Waals surface area contributed by atoms with E-state index in [2.05, 4.69) is 0 Å². The Kier molecular flexibility index (Phi) is 5.50. The number of hydrogen-bond acceptors (Lipinski definition) is 6. The summed E-state index contributed by atoms with van der Waals surface area (Å²) in [6.07, 6.45) is 2.20. The lowest BCUT2D eigenvalue weighted by molar-refractivity contribution is -0.147. The van der Waals surface area contributed by atoms with E-state index in [0.29, 0.717) is 37.2 Å². The molecule has 1 aromatic rings. The van der Waals surface area contributed by atoms with E-state index in [1.165, 1.54) is 13.8 Å². The second kappa shape index (κ2) is 7.25. The SMILES string of the molecule is CC(=O)Oc1cc(CCC2(C)CCC(=O)O2)c(OC(C)=O)c(C)c1C. The molecule has 1 atom stereocenters. The van der Waals surface area contributed by atoms with Crippen LogP contribution in [0.2, 0.25) is 0 Å². The number of carbonyl (C=O) groups excluding carboxylic acids is 3. The zero-order valence-corrected chi connectivity index (χ0v) is 15.4. The van der Waals surface area contributed by atoms with Gasteiger partial charge in [-0.2, -0.15) is 0 Å². The first-order chi connectivity index (χ1) is 11.6. The van der Waals surface area contributed by atoms with Crippen molar-refractivity contribution < 1.29 is 28.6 Å². The molecule has 0 N–H and O–H groups in total. The molecule has 1 fully saturated rings. The molecule has 1 aliphatic rings. The highest BCUT2D eigenvalue weighted by Crippen LogP contribution is 2.37. The van der Waals surface area contributed by atoms with Crippen LogP contribution in [0.3, 0.4) is 0 Å². The average Bonchev–Trinajstić information content (AvgIpc) is 2.84. The van der Waals surface area contributed by atoms with E-state index in [4.69, 9.17) is 14.2 Å². The molecule has 25 heavy (non-hydrogen) atoms. The summed E-state index contributed by atoms with van der Waals surface area (Å²) in [5, 5.41) is 0. The Morgan fingerprint density at radius 2 is 1.80 bits per heavy atom. The number of esters is 3. The van der Waals surface area contributed by atoms with Gasteiger partial charge in [0.1, 0.15) is 17.1 Å². The van der Waals surface area contributed by atoms with E-state index in [9.17, 15) is 14.4 Å². The molecular weight excluding hydrogens is 324 g/mol. The Morgan fingerprint density at radius 1 is 1.16 bits per heavy atom. The number of benzene rings is 1. The highest BCUT2D eigenvalue weighted by molar-refractivity contribution is 5.73. The molecule has 136 valence electrons. The molecule has 0 saturated carbocycles. The topological polar surface area (TPSA) is 78.9 Å². The van der Waals surface area contributed by atoms with Gasteiger partial charge in [0.05, 0.1) is 0 Å². The zero-order chi connectivity index (χ0) is 18.8. The van der Waals surface area contributed by atoms with E-state index in [1.54, 1.807) is 6.07 Å². The maximum atomic E-state index is 11.5. The minimum atomic E-state index is -0.523. The number of carbonyl (C=O) groups is 3. The summed E-state index contributed by atoms with van der Waals surface area (Å²) in [7, 11) is 0. The van der Waals surface area contributed by atoms with E-state index in [-0.39, 0.29) is 5.97 Å². The number of cyclic esters (lactones) is 1. The van der Waals surface area contributed by atoms with E-state index in [0.717, 1.165) is 16.7 Å². The summed E-state index contributed by atoms with van der Waals surface area (Å²) < 4.78 is 16.1. The maximum Gasteiger partial charge on any atom is 0.308 e. The quantitative estimate of drug-likeness (QED) is 0.601. The van der Waals surface area contributed by atoms with Crippen LogP contribution in [0.5, 0.6) is 11.5 Å². The minimum absolute atomic E-state index is 0.191. The van der Waals surface area contributed by atoms with Crippen LogP contribution in [-0.2, 0) is 25.5 Å². The van der Waals surface area contributed by atoms with Crippen LogP contribution in [0.4, 0.5) is 0 Å². The molecular formula is C19H24O6. The predicted octanol–water partition coefficient (Wildman–Crippen LogP) is 3.18. The van der Waals surface area contributed by atoms with Crippen molar-refractivity contribution >= 4 is 17.9 Å². The molecule has 0 aliphatic carbocycles. The third-order valence-corrected chi connectivity index (χ3v) is 4.51. The standard InChI is InChI=1S/C19H24O6/c1-11-12(2)18(24-14(4)21)15(10-16(11)23-13(3)20)6-8-19(5)9-7-17(22)25-19/h10H,6-9H2,1-5H3. The Morgan fingerprint density at radius 3 is 2.32 bits per heavy atom. The first-order valence-electron chi connectivity index (χ1n) is 8.33. The molecule has 1 saturated heterocycles. The second-order valence-corrected chi connectivity index (χ2v) is 6.72. The van der Waals surface area contributed by atoms with Gasteiger partial charge in [-0.15, -0.1) is 0 Å². The maximum absolute atomic E-state index is 11.5. The van der Waals surface area contributed by atoms with Crippen LogP contribution < -0.4 is 9.47 Å². The molecule has 0 radical (unpaired) electrons. The van der Waals surface area contributed by atoms with E-state index >= 15 is 0 Å². The van der Waals surface area contributed by atoms with Gasteiger partial charge in [0.2, 0.25) is 0 Å². The van der Waals surface area contributed by atoms with Crippen LogP contribution in [0.25, 0.3) is 0 Å². The first kappa shape index (κ1) is 19.0. The summed E-state index contributed by atoms with van der Waals surface area (Å²) in [5.41, 5.74) is 1.72. The van der Waals surface area contributed by atoms with Crippen molar-refractivity contribution in [3.05, 3.63) is 22.8 Å². The van der Waals surface area contributed by atoms with Crippen molar-refractivity contribution in [2.24, 2.45) is 0 Å². The Hall–Kier alpha value is -2.37. The molecule has 0 bridgehead atoms. The van der Waals surface area contributed by atoms with Crippen LogP contribution in [-0.4, -0.2) is 23.5 Å². The van der Waals surface area contributed by atoms with Crippen molar-refractivity contribution in [2.45, 2.75) is 65.9 Å². The van der Waals surface area contributed by atoms with Gasteiger partial charge in [0, 0.05) is 20.3 Å². The van der Waals surface area contributed by atoms with Gasteiger partial charge in [-0.05, 0) is 62.8 Å². The third kappa shape index (κ3) is 4.59. The molecule has 6 heteroatoms. The third-order valence-electron chi connectivity index (χ3n) is 4.51. The monoisotopic (exact) mass is 348 g/mol. The summed E-state index contributed by atoms with van der Waals surface area (Å²) in [4.78, 5) is 34.2.